The van der Waals surface area contributed by atoms with Gasteiger partial charge < -0.3 is 5.11 Å². The second-order valence-corrected chi connectivity index (χ2v) is 6.46. The molecule has 6 heteroatoms. The molecule has 1 N–H and O–H groups in total. The number of aliphatic carboxylic acids is 1. The summed E-state index contributed by atoms with van der Waals surface area (Å²) in [5.41, 5.74) is 0. The molecule has 2 amide bonds. The first-order chi connectivity index (χ1) is 10.1. The Balaban J connectivity index is 1.64. The highest BCUT2D eigenvalue weighted by molar-refractivity contribution is 6.06. The van der Waals surface area contributed by atoms with E-state index in [1.807, 2.05) is 4.90 Å². The Bertz CT molecular complexity index is 451. The lowest BCUT2D eigenvalue weighted by atomic mass is 9.97. The van der Waals surface area contributed by atoms with Gasteiger partial charge in [-0.1, -0.05) is 25.7 Å². The maximum absolute atomic E-state index is 12.6. The lowest BCUT2D eigenvalue weighted by Crippen LogP contribution is -2.57. The van der Waals surface area contributed by atoms with Crippen LogP contribution in [0, 0.1) is 5.92 Å². The molecule has 21 heavy (non-hydrogen) atoms. The second kappa shape index (κ2) is 5.75. The van der Waals surface area contributed by atoms with E-state index in [1.165, 1.54) is 17.7 Å². The van der Waals surface area contributed by atoms with E-state index in [2.05, 4.69) is 0 Å². The van der Waals surface area contributed by atoms with Crippen molar-refractivity contribution >= 4 is 17.8 Å². The van der Waals surface area contributed by atoms with Crippen molar-refractivity contribution in [2.24, 2.45) is 5.92 Å². The molecule has 2 saturated heterocycles. The Kier molecular flexibility index (Phi) is 3.97. The molecule has 0 spiro atoms. The summed E-state index contributed by atoms with van der Waals surface area (Å²) in [6.07, 6.45) is 6.59. The highest BCUT2D eigenvalue weighted by atomic mass is 16.4. The second-order valence-electron chi connectivity index (χ2n) is 6.46. The molecule has 3 fully saturated rings. The van der Waals surface area contributed by atoms with Crippen LogP contribution in [0.15, 0.2) is 0 Å². The molecule has 1 atom stereocenters. The monoisotopic (exact) mass is 294 g/mol. The number of hydrogen-bond acceptors (Lipinski definition) is 4. The third-order valence-electron chi connectivity index (χ3n) is 5.05. The minimum absolute atomic E-state index is 0.0639. The van der Waals surface area contributed by atoms with Crippen molar-refractivity contribution in [3.8, 4) is 0 Å². The first kappa shape index (κ1) is 14.5. The molecule has 2 heterocycles. The highest BCUT2D eigenvalue weighted by Crippen LogP contribution is 2.31. The molecule has 0 bridgehead atoms. The zero-order valence-corrected chi connectivity index (χ0v) is 12.2. The molecule has 0 aromatic heterocycles. The number of carbonyl (C=O) groups is 3. The van der Waals surface area contributed by atoms with Gasteiger partial charge in [0.2, 0.25) is 11.8 Å². The zero-order chi connectivity index (χ0) is 15.0. The summed E-state index contributed by atoms with van der Waals surface area (Å²) in [5.74, 6) is -1.38. The Morgan fingerprint density at radius 2 is 1.67 bits per heavy atom. The standard InChI is InChI=1S/C15H22N2O4/c18-13-7-12(16-8-10(9-16)15(20)21)14(19)17(13)11-5-3-1-2-4-6-11/h10-12H,1-9H2,(H,20,21). The molecule has 0 aromatic rings. The van der Waals surface area contributed by atoms with E-state index in [1.54, 1.807) is 0 Å². The van der Waals surface area contributed by atoms with Gasteiger partial charge in [0.05, 0.1) is 18.4 Å². The van der Waals surface area contributed by atoms with Gasteiger partial charge in [0.25, 0.3) is 0 Å². The molecule has 116 valence electrons. The van der Waals surface area contributed by atoms with E-state index in [0.717, 1.165) is 25.7 Å². The van der Waals surface area contributed by atoms with Crippen LogP contribution in [0.2, 0.25) is 0 Å². The van der Waals surface area contributed by atoms with E-state index in [-0.39, 0.29) is 30.2 Å². The Morgan fingerprint density at radius 1 is 1.05 bits per heavy atom. The van der Waals surface area contributed by atoms with Gasteiger partial charge in [-0.05, 0) is 12.8 Å². The third-order valence-corrected chi connectivity index (χ3v) is 5.05. The predicted molar refractivity (Wildman–Crippen MR) is 74.4 cm³/mol. The molecular weight excluding hydrogens is 272 g/mol. The van der Waals surface area contributed by atoms with Crippen LogP contribution in [0.1, 0.15) is 44.9 Å². The summed E-state index contributed by atoms with van der Waals surface area (Å²) in [7, 11) is 0. The molecule has 1 saturated carbocycles. The Morgan fingerprint density at radius 3 is 2.24 bits per heavy atom. The van der Waals surface area contributed by atoms with Gasteiger partial charge in [-0.3, -0.25) is 24.2 Å². The maximum atomic E-state index is 12.6. The van der Waals surface area contributed by atoms with Crippen LogP contribution in [0.25, 0.3) is 0 Å². The molecule has 1 unspecified atom stereocenters. The van der Waals surface area contributed by atoms with E-state index < -0.39 is 12.0 Å². The van der Waals surface area contributed by atoms with E-state index >= 15 is 0 Å². The Hall–Kier alpha value is -1.43. The van der Waals surface area contributed by atoms with E-state index in [9.17, 15) is 14.4 Å². The first-order valence-electron chi connectivity index (χ1n) is 7.90. The number of likely N-dealkylation sites (tertiary alicyclic amines) is 2. The van der Waals surface area contributed by atoms with Crippen molar-refractivity contribution < 1.29 is 19.5 Å². The van der Waals surface area contributed by atoms with Gasteiger partial charge >= 0.3 is 5.97 Å². The van der Waals surface area contributed by atoms with Crippen LogP contribution in [0.5, 0.6) is 0 Å². The van der Waals surface area contributed by atoms with Crippen molar-refractivity contribution in [3.05, 3.63) is 0 Å². The van der Waals surface area contributed by atoms with E-state index in [4.69, 9.17) is 5.11 Å². The minimum atomic E-state index is -0.816. The normalized spacial score (nSPS) is 29.5. The number of hydrogen-bond donors (Lipinski definition) is 1. The van der Waals surface area contributed by atoms with Gasteiger partial charge in [0.1, 0.15) is 0 Å². The van der Waals surface area contributed by atoms with Crippen molar-refractivity contribution in [3.63, 3.8) is 0 Å². The molecule has 1 aliphatic carbocycles. The van der Waals surface area contributed by atoms with Crippen LogP contribution >= 0.6 is 0 Å². The predicted octanol–water partition coefficient (Wildman–Crippen LogP) is 0.853. The molecule has 2 aliphatic heterocycles. The van der Waals surface area contributed by atoms with Crippen LogP contribution in [-0.2, 0) is 14.4 Å². The smallest absolute Gasteiger partial charge is 0.309 e. The quantitative estimate of drug-likeness (QED) is 0.617. The first-order valence-corrected chi connectivity index (χ1v) is 7.90. The molecule has 3 rings (SSSR count). The van der Waals surface area contributed by atoms with Gasteiger partial charge in [-0.2, -0.15) is 0 Å². The third kappa shape index (κ3) is 2.69. The summed E-state index contributed by atoms with van der Waals surface area (Å²) in [5, 5.41) is 8.91. The fraction of sp³-hybridized carbons (Fsp3) is 0.800. The van der Waals surface area contributed by atoms with Crippen LogP contribution in [-0.4, -0.2) is 57.9 Å². The number of rotatable bonds is 3. The SMILES string of the molecule is O=C(O)C1CN(C2CC(=O)N(C3CCCCCC3)C2=O)C1. The molecule has 6 nitrogen and oxygen atoms in total. The average molecular weight is 294 g/mol. The number of imide groups is 1. The summed E-state index contributed by atoms with van der Waals surface area (Å²) in [6, 6.07) is -0.356. The van der Waals surface area contributed by atoms with Crippen molar-refractivity contribution in [2.75, 3.05) is 13.1 Å². The summed E-state index contributed by atoms with van der Waals surface area (Å²) in [4.78, 5) is 39.0. The molecule has 0 aromatic carbocycles. The van der Waals surface area contributed by atoms with E-state index in [0.29, 0.717) is 13.1 Å². The van der Waals surface area contributed by atoms with Gasteiger partial charge in [-0.25, -0.2) is 0 Å². The number of carboxylic acid groups (broad SMARTS) is 1. The summed E-state index contributed by atoms with van der Waals surface area (Å²) >= 11 is 0. The molecule has 0 radical (unpaired) electrons. The van der Waals surface area contributed by atoms with Gasteiger partial charge in [0.15, 0.2) is 0 Å². The number of carboxylic acids is 1. The average Bonchev–Trinajstić information content (AvgIpc) is 2.57. The maximum Gasteiger partial charge on any atom is 0.309 e. The molecule has 3 aliphatic rings. The number of amides is 2. The van der Waals surface area contributed by atoms with Gasteiger partial charge in [-0.15, -0.1) is 0 Å². The Labute approximate surface area is 124 Å². The lowest BCUT2D eigenvalue weighted by Gasteiger charge is -2.39. The van der Waals surface area contributed by atoms with Crippen molar-refractivity contribution in [1.82, 2.24) is 9.80 Å². The number of nitrogens with zero attached hydrogens (tertiary/aromatic N) is 2. The number of carbonyl (C=O) groups excluding carboxylic acids is 2. The largest absolute Gasteiger partial charge is 0.481 e. The highest BCUT2D eigenvalue weighted by Gasteiger charge is 2.48. The fourth-order valence-electron chi connectivity index (χ4n) is 3.74. The summed E-state index contributed by atoms with van der Waals surface area (Å²) in [6.45, 7) is 0.773. The van der Waals surface area contributed by atoms with Crippen LogP contribution < -0.4 is 0 Å². The fourth-order valence-corrected chi connectivity index (χ4v) is 3.74. The van der Waals surface area contributed by atoms with Crippen molar-refractivity contribution in [1.29, 1.82) is 0 Å². The van der Waals surface area contributed by atoms with Crippen molar-refractivity contribution in [2.45, 2.75) is 57.0 Å². The van der Waals surface area contributed by atoms with Crippen LogP contribution in [0.3, 0.4) is 0 Å². The van der Waals surface area contributed by atoms with Crippen LogP contribution in [0.4, 0.5) is 0 Å². The molecular formula is C15H22N2O4. The lowest BCUT2D eigenvalue weighted by molar-refractivity contribution is -0.152. The van der Waals surface area contributed by atoms with Gasteiger partial charge in [0, 0.05) is 19.1 Å². The zero-order valence-electron chi connectivity index (χ0n) is 12.2. The summed E-state index contributed by atoms with van der Waals surface area (Å²) < 4.78 is 0. The topological polar surface area (TPSA) is 77.9 Å². The minimum Gasteiger partial charge on any atom is -0.481 e.